The van der Waals surface area contributed by atoms with Crippen LogP contribution in [-0.2, 0) is 16.1 Å². The summed E-state index contributed by atoms with van der Waals surface area (Å²) in [5.41, 5.74) is 2.76. The summed E-state index contributed by atoms with van der Waals surface area (Å²) in [6.45, 7) is 4.22. The van der Waals surface area contributed by atoms with Gasteiger partial charge in [0.15, 0.2) is 0 Å². The molecule has 3 rings (SSSR count). The van der Waals surface area contributed by atoms with E-state index in [1.807, 2.05) is 46.4 Å². The van der Waals surface area contributed by atoms with Crippen LogP contribution < -0.4 is 10.2 Å². The minimum atomic E-state index is -0.555. The number of carbonyl (C=O) groups is 2. The van der Waals surface area contributed by atoms with Gasteiger partial charge in [0.05, 0.1) is 18.8 Å². The van der Waals surface area contributed by atoms with Crippen LogP contribution >= 0.6 is 31.9 Å². The number of carbonyl (C=O) groups excluding carboxylic acids is 2. The van der Waals surface area contributed by atoms with Gasteiger partial charge in [0.1, 0.15) is 11.9 Å². The summed E-state index contributed by atoms with van der Waals surface area (Å²) in [6.07, 6.45) is 3.04. The van der Waals surface area contributed by atoms with Crippen molar-refractivity contribution in [1.29, 1.82) is 0 Å². The lowest BCUT2D eigenvalue weighted by Gasteiger charge is -2.19. The minimum absolute atomic E-state index is 0.199. The zero-order valence-corrected chi connectivity index (χ0v) is 21.9. The van der Waals surface area contributed by atoms with Crippen LogP contribution in [0.3, 0.4) is 0 Å². The third-order valence-electron chi connectivity index (χ3n) is 5.29. The van der Waals surface area contributed by atoms with Gasteiger partial charge in [0, 0.05) is 32.1 Å². The molecule has 1 aliphatic heterocycles. The Kier molecular flexibility index (Phi) is 9.86. The molecular weight excluding hydrogens is 569 g/mol. The third-order valence-corrected chi connectivity index (χ3v) is 6.04. The van der Waals surface area contributed by atoms with E-state index in [4.69, 9.17) is 4.74 Å². The molecule has 1 saturated heterocycles. The Morgan fingerprint density at radius 1 is 1.18 bits per heavy atom. The lowest BCUT2D eigenvalue weighted by atomic mass is 10.0. The van der Waals surface area contributed by atoms with Crippen molar-refractivity contribution in [2.45, 2.75) is 19.6 Å². The molecule has 0 bridgehead atoms. The molecule has 34 heavy (non-hydrogen) atoms. The zero-order chi connectivity index (χ0) is 24.5. The normalized spacial score (nSPS) is 16.1. The first-order valence-electron chi connectivity index (χ1n) is 10.8. The monoisotopic (exact) mass is 593 g/mol. The van der Waals surface area contributed by atoms with E-state index in [2.05, 4.69) is 42.1 Å². The Morgan fingerprint density at radius 2 is 1.85 bits per heavy atom. The highest BCUT2D eigenvalue weighted by Gasteiger charge is 2.32. The van der Waals surface area contributed by atoms with Crippen LogP contribution in [0.4, 0.5) is 14.9 Å². The summed E-state index contributed by atoms with van der Waals surface area (Å²) in [5, 5.41) is 2.63. The number of hydrogen-bond acceptors (Lipinski definition) is 4. The molecule has 2 aromatic carbocycles. The number of ether oxygens (including phenoxy) is 1. The van der Waals surface area contributed by atoms with Gasteiger partial charge >= 0.3 is 6.09 Å². The predicted octanol–water partition coefficient (Wildman–Crippen LogP) is 5.57. The number of hydrogen-bond donors (Lipinski definition) is 1. The number of cyclic esters (lactones) is 1. The van der Waals surface area contributed by atoms with Gasteiger partial charge in [-0.05, 0) is 39.3 Å². The lowest BCUT2D eigenvalue weighted by molar-refractivity contribution is -0.119. The molecule has 1 aliphatic rings. The minimum Gasteiger partial charge on any atom is -0.442 e. The second kappa shape index (κ2) is 12.8. The van der Waals surface area contributed by atoms with Crippen LogP contribution in [0.2, 0.25) is 0 Å². The van der Waals surface area contributed by atoms with Crippen molar-refractivity contribution in [2.75, 3.05) is 31.1 Å². The molecule has 1 N–H and O–H groups in total. The summed E-state index contributed by atoms with van der Waals surface area (Å²) in [5.74, 6) is -0.620. The summed E-state index contributed by atoms with van der Waals surface area (Å²) >= 11 is 6.61. The van der Waals surface area contributed by atoms with E-state index in [1.54, 1.807) is 12.1 Å². The first kappa shape index (κ1) is 26.1. The lowest BCUT2D eigenvalue weighted by Crippen LogP contribution is -2.33. The Labute approximate surface area is 215 Å². The second-order valence-electron chi connectivity index (χ2n) is 7.83. The van der Waals surface area contributed by atoms with E-state index in [0.29, 0.717) is 11.3 Å². The van der Waals surface area contributed by atoms with Gasteiger partial charge in [-0.25, -0.2) is 9.18 Å². The molecule has 180 valence electrons. The molecule has 1 unspecified atom stereocenters. The fourth-order valence-corrected chi connectivity index (χ4v) is 3.97. The fraction of sp³-hybridized carbons (Fsp3) is 0.280. The predicted molar refractivity (Wildman–Crippen MR) is 140 cm³/mol. The van der Waals surface area contributed by atoms with Crippen LogP contribution in [0.1, 0.15) is 12.5 Å². The molecule has 6 nitrogen and oxygen atoms in total. The summed E-state index contributed by atoms with van der Waals surface area (Å²) in [4.78, 5) is 30.6. The Hall–Kier alpha value is -2.49. The summed E-state index contributed by atoms with van der Waals surface area (Å²) in [6, 6.07) is 12.5. The van der Waals surface area contributed by atoms with Crippen LogP contribution in [0.25, 0.3) is 11.1 Å². The smallest absolute Gasteiger partial charge is 0.414 e. The quantitative estimate of drug-likeness (QED) is 0.390. The van der Waals surface area contributed by atoms with E-state index in [1.165, 1.54) is 17.9 Å². The molecular formula is C25H26Br2FN3O3. The average molecular weight is 595 g/mol. The van der Waals surface area contributed by atoms with Crippen molar-refractivity contribution in [3.63, 3.8) is 0 Å². The second-order valence-corrected chi connectivity index (χ2v) is 8.89. The van der Waals surface area contributed by atoms with Gasteiger partial charge < -0.3 is 10.1 Å². The van der Waals surface area contributed by atoms with Crippen molar-refractivity contribution in [3.8, 4) is 11.1 Å². The molecule has 0 aliphatic carbocycles. The van der Waals surface area contributed by atoms with E-state index in [0.717, 1.165) is 30.8 Å². The van der Waals surface area contributed by atoms with Gasteiger partial charge in [0.25, 0.3) is 0 Å². The molecule has 9 heteroatoms. The number of nitrogens with zero attached hydrogens (tertiary/aromatic N) is 2. The van der Waals surface area contributed by atoms with E-state index in [-0.39, 0.29) is 19.0 Å². The Balaban J connectivity index is 1.68. The third kappa shape index (κ3) is 7.25. The number of benzene rings is 2. The maximum atomic E-state index is 15.0. The molecule has 1 heterocycles. The Morgan fingerprint density at radius 3 is 2.44 bits per heavy atom. The number of rotatable bonds is 10. The van der Waals surface area contributed by atoms with Crippen molar-refractivity contribution in [1.82, 2.24) is 10.2 Å². The van der Waals surface area contributed by atoms with Crippen LogP contribution in [0.15, 0.2) is 64.6 Å². The number of amides is 2. The molecule has 0 saturated carbocycles. The van der Waals surface area contributed by atoms with E-state index >= 15 is 0 Å². The molecule has 0 spiro atoms. The Bertz CT molecular complexity index is 1050. The molecule has 0 aromatic heterocycles. The van der Waals surface area contributed by atoms with Crippen molar-refractivity contribution < 1.29 is 18.7 Å². The largest absolute Gasteiger partial charge is 0.442 e. The van der Waals surface area contributed by atoms with E-state index in [9.17, 15) is 14.0 Å². The number of halogens is 3. The van der Waals surface area contributed by atoms with Crippen molar-refractivity contribution >= 4 is 49.5 Å². The van der Waals surface area contributed by atoms with Gasteiger partial charge in [0.2, 0.25) is 5.91 Å². The average Bonchev–Trinajstić information content (AvgIpc) is 3.20. The van der Waals surface area contributed by atoms with Crippen LogP contribution in [0.5, 0.6) is 0 Å². The van der Waals surface area contributed by atoms with Gasteiger partial charge in [-0.3, -0.25) is 14.6 Å². The van der Waals surface area contributed by atoms with E-state index < -0.39 is 18.0 Å². The zero-order valence-electron chi connectivity index (χ0n) is 18.7. The highest BCUT2D eigenvalue weighted by atomic mass is 79.9. The van der Waals surface area contributed by atoms with Crippen LogP contribution in [-0.4, -0.2) is 49.2 Å². The molecule has 1 fully saturated rings. The van der Waals surface area contributed by atoms with Gasteiger partial charge in [-0.2, -0.15) is 0 Å². The van der Waals surface area contributed by atoms with Crippen LogP contribution in [0, 0.1) is 5.82 Å². The van der Waals surface area contributed by atoms with Crippen molar-refractivity contribution in [2.24, 2.45) is 0 Å². The fourth-order valence-electron chi connectivity index (χ4n) is 3.63. The first-order chi connectivity index (χ1) is 16.4. The molecule has 1 atom stereocenters. The highest BCUT2D eigenvalue weighted by molar-refractivity contribution is 9.11. The van der Waals surface area contributed by atoms with Gasteiger partial charge in [-0.15, -0.1) is 0 Å². The highest BCUT2D eigenvalue weighted by Crippen LogP contribution is 2.29. The summed E-state index contributed by atoms with van der Waals surface area (Å²) in [7, 11) is 0. The standard InChI is InChI=1S/C25H26Br2FN3O3/c1-18(32)29-15-22-17-31(25(33)34-22)21-8-9-23(24(28)14-21)20-6-4-19(5-7-20)16-30(12-2-10-26)13-3-11-27/h2-11,14,22H,12-13,15-17H2,1H3,(H,29,32)/b10-2+,11-3+. The van der Waals surface area contributed by atoms with Gasteiger partial charge in [-0.1, -0.05) is 68.3 Å². The maximum Gasteiger partial charge on any atom is 0.414 e. The molecule has 2 amide bonds. The number of anilines is 1. The first-order valence-corrected chi connectivity index (χ1v) is 12.6. The van der Waals surface area contributed by atoms with Crippen molar-refractivity contribution in [3.05, 3.63) is 76.0 Å². The molecule has 0 radical (unpaired) electrons. The SMILES string of the molecule is CC(=O)NCC1CN(c2ccc(-c3ccc(CN(C/C=C/Br)C/C=C/Br)cc3)c(F)c2)C(=O)O1. The maximum absolute atomic E-state index is 15.0. The molecule has 2 aromatic rings. The summed E-state index contributed by atoms with van der Waals surface area (Å²) < 4.78 is 20.2. The number of nitrogens with one attached hydrogen (secondary N) is 1. The topological polar surface area (TPSA) is 61.9 Å².